The zero-order valence-corrected chi connectivity index (χ0v) is 21.8. The zero-order chi connectivity index (χ0) is 25.8. The van der Waals surface area contributed by atoms with Crippen LogP contribution in [0.4, 0.5) is 0 Å². The predicted molar refractivity (Wildman–Crippen MR) is 146 cm³/mol. The van der Waals surface area contributed by atoms with Gasteiger partial charge in [0.2, 0.25) is 5.91 Å². The zero-order valence-electron chi connectivity index (χ0n) is 21.8. The van der Waals surface area contributed by atoms with Crippen LogP contribution < -0.4 is 10.1 Å². The summed E-state index contributed by atoms with van der Waals surface area (Å²) in [5.41, 5.74) is 4.30. The Morgan fingerprint density at radius 1 is 0.919 bits per heavy atom. The van der Waals surface area contributed by atoms with Gasteiger partial charge in [-0.3, -0.25) is 9.59 Å². The molecule has 5 rings (SSSR count). The van der Waals surface area contributed by atoms with Gasteiger partial charge in [-0.2, -0.15) is 0 Å². The lowest BCUT2D eigenvalue weighted by Crippen LogP contribution is -2.48. The van der Waals surface area contributed by atoms with Crippen molar-refractivity contribution in [2.24, 2.45) is 0 Å². The third kappa shape index (κ3) is 4.75. The number of hydrogen-bond donors (Lipinski definition) is 1. The van der Waals surface area contributed by atoms with Crippen LogP contribution >= 0.6 is 0 Å². The van der Waals surface area contributed by atoms with Crippen molar-refractivity contribution in [3.63, 3.8) is 0 Å². The lowest BCUT2D eigenvalue weighted by Gasteiger charge is -2.43. The number of methoxy groups -OCH3 is 1. The molecule has 3 aromatic carbocycles. The molecule has 0 saturated carbocycles. The maximum Gasteiger partial charge on any atom is 0.255 e. The molecule has 2 amide bonds. The van der Waals surface area contributed by atoms with Crippen LogP contribution in [0, 0.1) is 0 Å². The highest BCUT2D eigenvalue weighted by Crippen LogP contribution is 2.49. The Labute approximate surface area is 219 Å². The maximum atomic E-state index is 13.8. The van der Waals surface area contributed by atoms with Crippen LogP contribution in [0.25, 0.3) is 0 Å². The molecule has 5 heteroatoms. The summed E-state index contributed by atoms with van der Waals surface area (Å²) in [5, 5.41) is 3.14. The van der Waals surface area contributed by atoms with Crippen LogP contribution in [-0.4, -0.2) is 43.0 Å². The molecule has 3 aromatic rings. The van der Waals surface area contributed by atoms with Gasteiger partial charge < -0.3 is 15.0 Å². The second-order valence-corrected chi connectivity index (χ2v) is 10.3. The fourth-order valence-corrected chi connectivity index (χ4v) is 6.36. The molecule has 0 bridgehead atoms. The van der Waals surface area contributed by atoms with E-state index in [9.17, 15) is 9.59 Å². The Bertz CT molecular complexity index is 1250. The van der Waals surface area contributed by atoms with Gasteiger partial charge in [0.15, 0.2) is 0 Å². The molecule has 0 spiro atoms. The topological polar surface area (TPSA) is 58.6 Å². The summed E-state index contributed by atoms with van der Waals surface area (Å²) < 4.78 is 5.34. The summed E-state index contributed by atoms with van der Waals surface area (Å²) in [6.45, 7) is 3.58. The van der Waals surface area contributed by atoms with Crippen molar-refractivity contribution in [1.29, 1.82) is 0 Å². The van der Waals surface area contributed by atoms with Gasteiger partial charge >= 0.3 is 0 Å². The van der Waals surface area contributed by atoms with Crippen molar-refractivity contribution in [3.8, 4) is 5.75 Å². The number of nitrogens with zero attached hydrogens (tertiary/aromatic N) is 1. The van der Waals surface area contributed by atoms with E-state index in [0.717, 1.165) is 32.1 Å². The fourth-order valence-electron chi connectivity index (χ4n) is 6.36. The number of piperidine rings is 1. The van der Waals surface area contributed by atoms with Crippen LogP contribution in [0.15, 0.2) is 78.9 Å². The Morgan fingerprint density at radius 3 is 2.32 bits per heavy atom. The quantitative estimate of drug-likeness (QED) is 0.477. The van der Waals surface area contributed by atoms with Gasteiger partial charge in [-0.25, -0.2) is 0 Å². The number of hydrogen-bond acceptors (Lipinski definition) is 3. The van der Waals surface area contributed by atoms with E-state index in [1.165, 1.54) is 16.7 Å². The second kappa shape index (κ2) is 10.8. The molecule has 1 aliphatic carbocycles. The van der Waals surface area contributed by atoms with E-state index in [1.807, 2.05) is 17.0 Å². The highest BCUT2D eigenvalue weighted by Gasteiger charge is 2.43. The van der Waals surface area contributed by atoms with Crippen molar-refractivity contribution < 1.29 is 14.3 Å². The Morgan fingerprint density at radius 2 is 1.59 bits per heavy atom. The van der Waals surface area contributed by atoms with E-state index in [1.54, 1.807) is 19.2 Å². The average molecular weight is 497 g/mol. The van der Waals surface area contributed by atoms with Gasteiger partial charge in [-0.05, 0) is 60.9 Å². The van der Waals surface area contributed by atoms with Gasteiger partial charge in [0.1, 0.15) is 5.75 Å². The Balaban J connectivity index is 1.28. The highest BCUT2D eigenvalue weighted by molar-refractivity contribution is 5.97. The number of fused-ring (bicyclic) bond motifs is 1. The molecule has 37 heavy (non-hydrogen) atoms. The van der Waals surface area contributed by atoms with E-state index in [4.69, 9.17) is 4.74 Å². The second-order valence-electron chi connectivity index (χ2n) is 10.3. The molecule has 5 nitrogen and oxygen atoms in total. The number of carbonyl (C=O) groups is 2. The molecular weight excluding hydrogens is 460 g/mol. The monoisotopic (exact) mass is 496 g/mol. The number of nitrogens with one attached hydrogen (secondary N) is 1. The van der Waals surface area contributed by atoms with E-state index in [2.05, 4.69) is 66.8 Å². The summed E-state index contributed by atoms with van der Waals surface area (Å²) in [7, 11) is 1.57. The lowest BCUT2D eigenvalue weighted by atomic mass is 9.62. The van der Waals surface area contributed by atoms with Gasteiger partial charge in [0.05, 0.1) is 18.6 Å². The first-order chi connectivity index (χ1) is 18.1. The number of rotatable bonds is 6. The summed E-state index contributed by atoms with van der Waals surface area (Å²) >= 11 is 0. The smallest absolute Gasteiger partial charge is 0.255 e. The van der Waals surface area contributed by atoms with E-state index >= 15 is 0 Å². The van der Waals surface area contributed by atoms with E-state index in [-0.39, 0.29) is 29.2 Å². The number of amides is 2. The lowest BCUT2D eigenvalue weighted by molar-refractivity contribution is -0.134. The molecule has 2 aliphatic rings. The molecule has 0 aromatic heterocycles. The molecule has 0 radical (unpaired) electrons. The maximum absolute atomic E-state index is 13.8. The average Bonchev–Trinajstić information content (AvgIpc) is 2.97. The number of benzene rings is 3. The number of likely N-dealkylation sites (tertiary alicyclic amines) is 1. The molecule has 1 N–H and O–H groups in total. The first kappa shape index (κ1) is 25.1. The minimum atomic E-state index is -0.125. The van der Waals surface area contributed by atoms with E-state index < -0.39 is 0 Å². The standard InChI is InChI=1S/C32H36N2O3/c1-3-32(23-11-5-4-6-12-23)20-17-26(25-13-7-9-15-28(25)32)31(36)34-21-18-24(19-22-34)33-30(35)27-14-8-10-16-29(27)37-2/h4-16,24,26H,3,17-22H2,1-2H3,(H,33,35)/t26-,32-/m0/s1. The third-order valence-corrected chi connectivity index (χ3v) is 8.43. The van der Waals surface area contributed by atoms with Crippen molar-refractivity contribution in [3.05, 3.63) is 101 Å². The van der Waals surface area contributed by atoms with Crippen molar-refractivity contribution in [2.45, 2.75) is 56.4 Å². The molecule has 1 saturated heterocycles. The number of para-hydroxylation sites is 1. The van der Waals surface area contributed by atoms with Gasteiger partial charge in [-0.1, -0.05) is 73.7 Å². The minimum absolute atomic E-state index is 0.0472. The summed E-state index contributed by atoms with van der Waals surface area (Å²) in [5.74, 6) is 0.557. The Hall–Kier alpha value is -3.60. The predicted octanol–water partition coefficient (Wildman–Crippen LogP) is 5.69. The summed E-state index contributed by atoms with van der Waals surface area (Å²) in [6, 6.07) is 26.6. The molecule has 1 heterocycles. The van der Waals surface area contributed by atoms with Gasteiger partial charge in [0, 0.05) is 24.5 Å². The minimum Gasteiger partial charge on any atom is -0.496 e. The molecule has 2 atom stereocenters. The first-order valence-electron chi connectivity index (χ1n) is 13.4. The number of carbonyl (C=O) groups excluding carboxylic acids is 2. The van der Waals surface area contributed by atoms with Crippen molar-refractivity contribution in [2.75, 3.05) is 20.2 Å². The SMILES string of the molecule is CC[C@@]1(c2ccccc2)CC[C@H](C(=O)N2CCC(NC(=O)c3ccccc3OC)CC2)c2ccccc21. The number of ether oxygens (including phenoxy) is 1. The van der Waals surface area contributed by atoms with Crippen LogP contribution in [-0.2, 0) is 10.2 Å². The van der Waals surface area contributed by atoms with Gasteiger partial charge in [0.25, 0.3) is 5.91 Å². The Kier molecular flexibility index (Phi) is 7.31. The molecular formula is C32H36N2O3. The van der Waals surface area contributed by atoms with Crippen molar-refractivity contribution in [1.82, 2.24) is 10.2 Å². The fraction of sp³-hybridized carbons (Fsp3) is 0.375. The van der Waals surface area contributed by atoms with Crippen LogP contribution in [0.5, 0.6) is 5.75 Å². The summed E-state index contributed by atoms with van der Waals surface area (Å²) in [4.78, 5) is 28.6. The third-order valence-electron chi connectivity index (χ3n) is 8.43. The summed E-state index contributed by atoms with van der Waals surface area (Å²) in [6.07, 6.45) is 4.33. The largest absolute Gasteiger partial charge is 0.496 e. The molecule has 1 aliphatic heterocycles. The molecule has 192 valence electrons. The van der Waals surface area contributed by atoms with Crippen molar-refractivity contribution >= 4 is 11.8 Å². The normalized spacial score (nSPS) is 21.7. The van der Waals surface area contributed by atoms with Crippen LogP contribution in [0.1, 0.15) is 72.0 Å². The van der Waals surface area contributed by atoms with Crippen LogP contribution in [0.3, 0.4) is 0 Å². The molecule has 0 unspecified atom stereocenters. The van der Waals surface area contributed by atoms with Gasteiger partial charge in [-0.15, -0.1) is 0 Å². The molecule has 1 fully saturated rings. The van der Waals surface area contributed by atoms with Crippen LogP contribution in [0.2, 0.25) is 0 Å². The van der Waals surface area contributed by atoms with E-state index in [0.29, 0.717) is 24.4 Å². The first-order valence-corrected chi connectivity index (χ1v) is 13.4. The highest BCUT2D eigenvalue weighted by atomic mass is 16.5.